The van der Waals surface area contributed by atoms with Gasteiger partial charge in [-0.15, -0.1) is 0 Å². The van der Waals surface area contributed by atoms with Gasteiger partial charge in [-0.1, -0.05) is 281 Å². The van der Waals surface area contributed by atoms with Crippen molar-refractivity contribution in [2.24, 2.45) is 0 Å². The number of nitrogens with zero attached hydrogens (tertiary/aromatic N) is 1. The van der Waals surface area contributed by atoms with Crippen LogP contribution in [0, 0.1) is 6.92 Å². The highest BCUT2D eigenvalue weighted by atomic mass is 16.5. The number of aryl methyl sites for hydroxylation is 1. The van der Waals surface area contributed by atoms with Crippen LogP contribution in [0.2, 0.25) is 0 Å². The number of anilines is 3. The summed E-state index contributed by atoms with van der Waals surface area (Å²) in [4.78, 5) is 2.64. The van der Waals surface area contributed by atoms with Gasteiger partial charge in [-0.25, -0.2) is 0 Å². The molecule has 0 saturated heterocycles. The number of fused-ring (bicyclic) bond motifs is 22. The van der Waals surface area contributed by atoms with Crippen LogP contribution in [-0.2, 0) is 28.3 Å². The number of ether oxygens (including phenoxy) is 1. The van der Waals surface area contributed by atoms with Crippen molar-refractivity contribution in [2.45, 2.75) is 245 Å². The van der Waals surface area contributed by atoms with E-state index in [-0.39, 0.29) is 21.7 Å². The first-order chi connectivity index (χ1) is 46.4. The molecule has 1 aromatic heterocycles. The molecule has 4 aliphatic carbocycles. The minimum absolute atomic E-state index is 0.122. The van der Waals surface area contributed by atoms with E-state index in [0.717, 1.165) is 29.8 Å². The Morgan fingerprint density at radius 3 is 1.55 bits per heavy atom. The molecule has 0 spiro atoms. The smallest absolute Gasteiger partial charge is 0.144 e. The van der Waals surface area contributed by atoms with Gasteiger partial charge in [0.15, 0.2) is 0 Å². The molecule has 0 atom stereocenters. The Morgan fingerprint density at radius 2 is 0.884 bits per heavy atom. The molecule has 3 heteroatoms. The fourth-order valence-corrected chi connectivity index (χ4v) is 19.3. The van der Waals surface area contributed by atoms with Crippen LogP contribution in [-0.4, -0.2) is 0 Å². The zero-order valence-corrected chi connectivity index (χ0v) is 59.0. The molecule has 10 aromatic rings. The highest BCUT2D eigenvalue weighted by molar-refractivity contribution is 6.21. The number of unbranched alkanes of at least 4 members (excludes halogenated alkanes) is 16. The van der Waals surface area contributed by atoms with Crippen LogP contribution >= 0.6 is 0 Å². The molecule has 3 nitrogen and oxygen atoms in total. The van der Waals surface area contributed by atoms with Crippen molar-refractivity contribution in [1.82, 2.24) is 0 Å². The lowest BCUT2D eigenvalue weighted by atomic mass is 9.62. The molecular weight excluding hydrogens is 1150 g/mol. The van der Waals surface area contributed by atoms with Gasteiger partial charge in [0.25, 0.3) is 0 Å². The minimum atomic E-state index is -0.268. The second kappa shape index (κ2) is 25.7. The summed E-state index contributed by atoms with van der Waals surface area (Å²) in [6, 6.07) is 62.3. The van der Waals surface area contributed by atoms with Gasteiger partial charge in [0.05, 0.1) is 0 Å². The summed E-state index contributed by atoms with van der Waals surface area (Å²) >= 11 is 0. The van der Waals surface area contributed by atoms with E-state index in [1.165, 1.54) is 264 Å². The van der Waals surface area contributed by atoms with Crippen molar-refractivity contribution in [3.05, 3.63) is 213 Å². The number of benzene rings is 9. The number of rotatable bonds is 27. The minimum Gasteiger partial charge on any atom is -0.488 e. The van der Waals surface area contributed by atoms with Crippen molar-refractivity contribution < 1.29 is 9.15 Å². The zero-order valence-electron chi connectivity index (χ0n) is 59.0. The van der Waals surface area contributed by atoms with Crippen LogP contribution in [0.1, 0.15) is 265 Å². The summed E-state index contributed by atoms with van der Waals surface area (Å²) in [5.41, 5.74) is 33.4. The average Bonchev–Trinajstić information content (AvgIpc) is 1.50. The summed E-state index contributed by atoms with van der Waals surface area (Å²) in [5, 5.41) is 2.61. The monoisotopic (exact) mass is 1250 g/mol. The molecule has 1 aliphatic heterocycles. The van der Waals surface area contributed by atoms with Crippen molar-refractivity contribution in [3.63, 3.8) is 0 Å². The third-order valence-electron chi connectivity index (χ3n) is 24.1. The van der Waals surface area contributed by atoms with E-state index >= 15 is 0 Å². The van der Waals surface area contributed by atoms with Crippen LogP contribution in [0.3, 0.4) is 0 Å². The van der Waals surface area contributed by atoms with E-state index in [1.54, 1.807) is 16.7 Å². The first kappa shape index (κ1) is 63.4. The Labute approximate surface area is 569 Å². The molecule has 0 amide bonds. The molecule has 0 N–H and O–H groups in total. The van der Waals surface area contributed by atoms with Gasteiger partial charge < -0.3 is 14.1 Å². The van der Waals surface area contributed by atoms with Gasteiger partial charge in [-0.05, 0) is 188 Å². The summed E-state index contributed by atoms with van der Waals surface area (Å²) in [6.45, 7) is 22.2. The van der Waals surface area contributed by atoms with Gasteiger partial charge in [0.2, 0.25) is 0 Å². The van der Waals surface area contributed by atoms with Crippen molar-refractivity contribution in [3.8, 4) is 61.4 Å². The summed E-state index contributed by atoms with van der Waals surface area (Å²) < 4.78 is 14.0. The zero-order chi connectivity index (χ0) is 65.2. The Kier molecular flexibility index (Phi) is 17.2. The molecule has 0 saturated carbocycles. The molecule has 0 radical (unpaired) electrons. The van der Waals surface area contributed by atoms with Gasteiger partial charge >= 0.3 is 0 Å². The maximum Gasteiger partial charge on any atom is 0.144 e. The van der Waals surface area contributed by atoms with E-state index in [1.807, 2.05) is 0 Å². The molecule has 9 aromatic carbocycles. The van der Waals surface area contributed by atoms with Crippen molar-refractivity contribution in [1.29, 1.82) is 0 Å². The number of hydrogen-bond donors (Lipinski definition) is 0. The SMILES string of the molecule is CCCCCCCC1(CCCCCCC)c2cc(N(c3cccc(C)c3)c3ccc4c(c3)C(C)(C)c3cc5c(cc3-4)C(C)(C)c3ccc4c(c3-5)-c3ccccc3OC4)ccc2-c2c1c1c(c3c2oc2ccccc23)-c2ccccc2C1(CCCCCCC)CCCCCCC. The first-order valence-electron chi connectivity index (χ1n) is 37.8. The molecule has 488 valence electrons. The maximum atomic E-state index is 7.62. The Bertz CT molecular complexity index is 4510. The molecule has 0 fully saturated rings. The third kappa shape index (κ3) is 10.4. The molecule has 2 heterocycles. The standard InChI is InChI=1S/C92H103NO2/c1-10-14-18-22-32-51-91(52-33-23-19-15-11-2)73-42-29-26-39-67(73)83-84-70-41-28-31-44-80(70)95-88(84)85-68-49-47-65(57-78(68)92(87(85)86(83)91,53-34-24-20-16-12-3)54-35-25-21-17-13-4)93(63-38-36-37-61(5)55-63)64-46-48-66-71-58-77-72(59-76(71)90(8,9)75(66)56-64)82-74(89(77,6)7)50-45-62-60-94-79-43-30-27-40-69(79)81(62)82/h26-31,36-50,55-59H,10-25,32-35,51-54,60H2,1-9H3. The van der Waals surface area contributed by atoms with E-state index in [0.29, 0.717) is 6.61 Å². The maximum absolute atomic E-state index is 7.62. The second-order valence-corrected chi connectivity index (χ2v) is 30.8. The molecule has 0 unspecified atom stereocenters. The third-order valence-corrected chi connectivity index (χ3v) is 24.1. The Balaban J connectivity index is 0.943. The highest BCUT2D eigenvalue weighted by Gasteiger charge is 2.54. The molecular formula is C92H103NO2. The number of hydrogen-bond acceptors (Lipinski definition) is 3. The normalized spacial score (nSPS) is 15.5. The lowest BCUT2D eigenvalue weighted by Crippen LogP contribution is -2.33. The van der Waals surface area contributed by atoms with Gasteiger partial charge in [-0.3, -0.25) is 0 Å². The lowest BCUT2D eigenvalue weighted by molar-refractivity contribution is 0.302. The van der Waals surface area contributed by atoms with Crippen molar-refractivity contribution in [2.75, 3.05) is 4.90 Å². The predicted molar refractivity (Wildman–Crippen MR) is 404 cm³/mol. The summed E-state index contributed by atoms with van der Waals surface area (Å²) in [5.74, 6) is 0.981. The first-order valence-corrected chi connectivity index (χ1v) is 37.8. The van der Waals surface area contributed by atoms with Gasteiger partial charge in [0, 0.05) is 66.2 Å². The molecule has 15 rings (SSSR count). The van der Waals surface area contributed by atoms with Crippen LogP contribution in [0.15, 0.2) is 162 Å². The Morgan fingerprint density at radius 1 is 0.368 bits per heavy atom. The largest absolute Gasteiger partial charge is 0.488 e. The van der Waals surface area contributed by atoms with E-state index < -0.39 is 0 Å². The van der Waals surface area contributed by atoms with Crippen LogP contribution in [0.4, 0.5) is 17.1 Å². The fraction of sp³-hybridized carbons (Fsp3) is 0.413. The van der Waals surface area contributed by atoms with Gasteiger partial charge in [-0.2, -0.15) is 0 Å². The summed E-state index contributed by atoms with van der Waals surface area (Å²) in [6.07, 6.45) is 30.0. The Hall–Kier alpha value is -7.62. The second-order valence-electron chi connectivity index (χ2n) is 30.8. The topological polar surface area (TPSA) is 25.6 Å². The van der Waals surface area contributed by atoms with E-state index in [9.17, 15) is 0 Å². The van der Waals surface area contributed by atoms with E-state index in [4.69, 9.17) is 9.15 Å². The van der Waals surface area contributed by atoms with E-state index in [2.05, 4.69) is 225 Å². The average molecular weight is 1250 g/mol. The number of furan rings is 1. The van der Waals surface area contributed by atoms with Crippen molar-refractivity contribution >= 4 is 39.0 Å². The predicted octanol–water partition coefficient (Wildman–Crippen LogP) is 27.5. The quantitative estimate of drug-likeness (QED) is 0.0480. The highest BCUT2D eigenvalue weighted by Crippen LogP contribution is 2.68. The van der Waals surface area contributed by atoms with Gasteiger partial charge in [0.1, 0.15) is 23.5 Å². The molecule has 5 aliphatic rings. The van der Waals surface area contributed by atoms with Crippen LogP contribution in [0.25, 0.3) is 77.6 Å². The van der Waals surface area contributed by atoms with Crippen LogP contribution < -0.4 is 9.64 Å². The van der Waals surface area contributed by atoms with Crippen LogP contribution in [0.5, 0.6) is 5.75 Å². The fourth-order valence-electron chi connectivity index (χ4n) is 19.3. The molecule has 95 heavy (non-hydrogen) atoms. The molecule has 0 bridgehead atoms. The summed E-state index contributed by atoms with van der Waals surface area (Å²) in [7, 11) is 0. The number of para-hydroxylation sites is 2. The lowest BCUT2D eigenvalue weighted by Gasteiger charge is -2.40.